The van der Waals surface area contributed by atoms with Gasteiger partial charge in [0.05, 0.1) is 28.6 Å². The van der Waals surface area contributed by atoms with Crippen molar-refractivity contribution in [3.05, 3.63) is 175 Å². The van der Waals surface area contributed by atoms with Crippen LogP contribution in [-0.4, -0.2) is 9.13 Å². The Balaban J connectivity index is 1.06. The van der Waals surface area contributed by atoms with Crippen molar-refractivity contribution >= 4 is 93.2 Å². The van der Waals surface area contributed by atoms with Crippen molar-refractivity contribution < 1.29 is 8.83 Å². The highest BCUT2D eigenvalue weighted by Gasteiger charge is 2.20. The summed E-state index contributed by atoms with van der Waals surface area (Å²) in [5, 5.41) is 8.63. The Morgan fingerprint density at radius 3 is 1.57 bits per heavy atom. The maximum Gasteiger partial charge on any atom is 0.231 e. The van der Waals surface area contributed by atoms with Crippen LogP contribution in [0, 0.1) is 6.57 Å². The van der Waals surface area contributed by atoms with Crippen molar-refractivity contribution in [3.63, 3.8) is 0 Å². The lowest BCUT2D eigenvalue weighted by molar-refractivity contribution is 0.665. The molecule has 12 aromatic rings. The van der Waals surface area contributed by atoms with Crippen LogP contribution in [0.25, 0.3) is 115 Å². The molecular formula is C49H27N3O2. The van der Waals surface area contributed by atoms with Gasteiger partial charge in [-0.1, -0.05) is 84.9 Å². The van der Waals surface area contributed by atoms with E-state index >= 15 is 0 Å². The SMILES string of the molecule is [C-]#[N+]c1cc(-n2c3ccccc3c3cc(-c4ccc5c(c4)c4ccccc4n5-c4ccccc4)ccc32)cc2c1oc1cc3c(cc12)oc1ccccc13. The van der Waals surface area contributed by atoms with Crippen molar-refractivity contribution in [3.8, 4) is 22.5 Å². The second-order valence-electron chi connectivity index (χ2n) is 14.0. The molecular weight excluding hydrogens is 663 g/mol. The third-order valence-electron chi connectivity index (χ3n) is 11.1. The Labute approximate surface area is 307 Å². The quantitative estimate of drug-likeness (QED) is 0.173. The summed E-state index contributed by atoms with van der Waals surface area (Å²) in [5.74, 6) is 0. The Hall–Kier alpha value is -7.55. The van der Waals surface area contributed by atoms with Gasteiger partial charge in [0, 0.05) is 54.5 Å². The highest BCUT2D eigenvalue weighted by Crippen LogP contribution is 2.43. The maximum absolute atomic E-state index is 8.19. The minimum absolute atomic E-state index is 0.477. The summed E-state index contributed by atoms with van der Waals surface area (Å²) in [7, 11) is 0. The molecule has 0 saturated heterocycles. The molecule has 4 aromatic heterocycles. The first-order valence-electron chi connectivity index (χ1n) is 18.0. The van der Waals surface area contributed by atoms with E-state index in [9.17, 15) is 0 Å². The molecule has 0 N–H and O–H groups in total. The Bertz CT molecular complexity index is 3570. The first-order chi connectivity index (χ1) is 26.7. The van der Waals surface area contributed by atoms with Crippen LogP contribution in [0.3, 0.4) is 0 Å². The van der Waals surface area contributed by atoms with Crippen LogP contribution in [0.1, 0.15) is 0 Å². The number of para-hydroxylation sites is 4. The van der Waals surface area contributed by atoms with Gasteiger partial charge in [0.25, 0.3) is 0 Å². The molecule has 54 heavy (non-hydrogen) atoms. The summed E-state index contributed by atoms with van der Waals surface area (Å²) in [5.41, 5.74) is 12.3. The maximum atomic E-state index is 8.19. The third-order valence-corrected chi connectivity index (χ3v) is 11.1. The number of aromatic nitrogens is 2. The standard InChI is InChI=1S/C49H27N3O2/c1-50-41-26-32(25-40-39-28-47-38(27-48(39)54-49(40)41)35-15-7-10-18-46(35)53-47)52-43-17-9-6-14-34(43)37-24-30(20-22-45(37)52)29-19-21-44-36(23-29)33-13-5-8-16-42(33)51(44)31-11-3-2-4-12-31/h2-28H. The molecule has 0 unspecified atom stereocenters. The number of furan rings is 2. The molecule has 4 heterocycles. The summed E-state index contributed by atoms with van der Waals surface area (Å²) < 4.78 is 17.3. The van der Waals surface area contributed by atoms with Gasteiger partial charge in [-0.2, -0.15) is 0 Å². The fourth-order valence-corrected chi connectivity index (χ4v) is 8.71. The highest BCUT2D eigenvalue weighted by atomic mass is 16.3. The van der Waals surface area contributed by atoms with Gasteiger partial charge in [-0.05, 0) is 90.0 Å². The summed E-state index contributed by atoms with van der Waals surface area (Å²) in [6, 6.07) is 57.6. The van der Waals surface area contributed by atoms with Crippen LogP contribution in [0.2, 0.25) is 0 Å². The van der Waals surface area contributed by atoms with Gasteiger partial charge < -0.3 is 18.0 Å². The second-order valence-corrected chi connectivity index (χ2v) is 14.0. The van der Waals surface area contributed by atoms with Crippen molar-refractivity contribution in [2.24, 2.45) is 0 Å². The van der Waals surface area contributed by atoms with Crippen molar-refractivity contribution in [2.45, 2.75) is 0 Å². The van der Waals surface area contributed by atoms with Crippen molar-refractivity contribution in [1.29, 1.82) is 0 Å². The van der Waals surface area contributed by atoms with E-state index in [1.807, 2.05) is 30.3 Å². The van der Waals surface area contributed by atoms with Gasteiger partial charge in [0.1, 0.15) is 22.3 Å². The second kappa shape index (κ2) is 10.7. The van der Waals surface area contributed by atoms with E-state index in [0.717, 1.165) is 82.6 Å². The highest BCUT2D eigenvalue weighted by molar-refractivity contribution is 6.18. The zero-order valence-electron chi connectivity index (χ0n) is 28.7. The molecule has 5 nitrogen and oxygen atoms in total. The smallest absolute Gasteiger partial charge is 0.231 e. The van der Waals surface area contributed by atoms with E-state index in [-0.39, 0.29) is 0 Å². The van der Waals surface area contributed by atoms with Crippen LogP contribution in [0.15, 0.2) is 173 Å². The van der Waals surface area contributed by atoms with E-state index in [1.165, 1.54) is 21.8 Å². The van der Waals surface area contributed by atoms with Gasteiger partial charge >= 0.3 is 0 Å². The molecule has 12 rings (SSSR count). The fraction of sp³-hybridized carbons (Fsp3) is 0. The summed E-state index contributed by atoms with van der Waals surface area (Å²) >= 11 is 0. The molecule has 0 spiro atoms. The number of rotatable bonds is 3. The van der Waals surface area contributed by atoms with Gasteiger partial charge in [-0.15, -0.1) is 0 Å². The number of hydrogen-bond donors (Lipinski definition) is 0. The van der Waals surface area contributed by atoms with Crippen LogP contribution >= 0.6 is 0 Å². The van der Waals surface area contributed by atoms with Gasteiger partial charge in [-0.25, -0.2) is 4.85 Å². The molecule has 250 valence electrons. The molecule has 0 saturated carbocycles. The number of nitrogens with zero attached hydrogens (tertiary/aromatic N) is 3. The monoisotopic (exact) mass is 689 g/mol. The summed E-state index contributed by atoms with van der Waals surface area (Å²) in [4.78, 5) is 3.97. The molecule has 5 heteroatoms. The average Bonchev–Trinajstić information content (AvgIpc) is 3.97. The molecule has 0 aliphatic carbocycles. The molecule has 0 fully saturated rings. The Kier molecular flexibility index (Phi) is 5.78. The lowest BCUT2D eigenvalue weighted by Gasteiger charge is -2.10. The number of fused-ring (bicyclic) bond motifs is 12. The summed E-state index contributed by atoms with van der Waals surface area (Å²) in [6.45, 7) is 8.19. The molecule has 0 aliphatic heterocycles. The van der Waals surface area contributed by atoms with Crippen LogP contribution in [0.5, 0.6) is 0 Å². The minimum atomic E-state index is 0.477. The lowest BCUT2D eigenvalue weighted by atomic mass is 10.0. The van der Waals surface area contributed by atoms with Crippen molar-refractivity contribution in [1.82, 2.24) is 9.13 Å². The molecule has 0 aliphatic rings. The van der Waals surface area contributed by atoms with E-state index < -0.39 is 0 Å². The van der Waals surface area contributed by atoms with Crippen LogP contribution in [-0.2, 0) is 0 Å². The largest absolute Gasteiger partial charge is 0.467 e. The van der Waals surface area contributed by atoms with E-state index in [2.05, 4.69) is 147 Å². The van der Waals surface area contributed by atoms with E-state index in [1.54, 1.807) is 0 Å². The topological polar surface area (TPSA) is 40.5 Å². The first kappa shape index (κ1) is 29.1. The zero-order chi connectivity index (χ0) is 35.5. The molecule has 0 bridgehead atoms. The Morgan fingerprint density at radius 2 is 0.907 bits per heavy atom. The van der Waals surface area contributed by atoms with E-state index in [4.69, 9.17) is 15.4 Å². The molecule has 0 atom stereocenters. The fourth-order valence-electron chi connectivity index (χ4n) is 8.71. The van der Waals surface area contributed by atoms with E-state index in [0.29, 0.717) is 11.3 Å². The van der Waals surface area contributed by atoms with Gasteiger partial charge in [0.15, 0.2) is 0 Å². The number of hydrogen-bond acceptors (Lipinski definition) is 2. The minimum Gasteiger partial charge on any atom is -0.467 e. The molecule has 0 amide bonds. The third kappa shape index (κ3) is 3.97. The normalized spacial score (nSPS) is 12.1. The summed E-state index contributed by atoms with van der Waals surface area (Å²) in [6.07, 6.45) is 0. The lowest BCUT2D eigenvalue weighted by Crippen LogP contribution is -1.94. The molecule has 8 aromatic carbocycles. The predicted octanol–water partition coefficient (Wildman–Crippen LogP) is 13.9. The molecule has 0 radical (unpaired) electrons. The Morgan fingerprint density at radius 1 is 0.370 bits per heavy atom. The van der Waals surface area contributed by atoms with Crippen LogP contribution < -0.4 is 0 Å². The average molecular weight is 690 g/mol. The van der Waals surface area contributed by atoms with Gasteiger partial charge in [-0.3, -0.25) is 0 Å². The predicted molar refractivity (Wildman–Crippen MR) is 221 cm³/mol. The van der Waals surface area contributed by atoms with Crippen molar-refractivity contribution in [2.75, 3.05) is 0 Å². The van der Waals surface area contributed by atoms with Crippen LogP contribution in [0.4, 0.5) is 5.69 Å². The first-order valence-corrected chi connectivity index (χ1v) is 18.0. The number of benzene rings is 8. The van der Waals surface area contributed by atoms with Gasteiger partial charge in [0.2, 0.25) is 5.69 Å². The zero-order valence-corrected chi connectivity index (χ0v) is 28.7.